The van der Waals surface area contributed by atoms with Crippen molar-refractivity contribution in [3.63, 3.8) is 0 Å². The maximum Gasteiger partial charge on any atom is 0.222 e. The second-order valence-electron chi connectivity index (χ2n) is 8.51. The highest BCUT2D eigenvalue weighted by Crippen LogP contribution is 2.42. The summed E-state index contributed by atoms with van der Waals surface area (Å²) in [7, 11) is 0. The molecule has 0 aromatic rings. The number of carbonyl (C=O) groups is 2. The van der Waals surface area contributed by atoms with E-state index in [0.29, 0.717) is 36.0 Å². The first kappa shape index (κ1) is 16.8. The van der Waals surface area contributed by atoms with Crippen molar-refractivity contribution in [3.8, 4) is 0 Å². The third kappa shape index (κ3) is 4.27. The van der Waals surface area contributed by atoms with Gasteiger partial charge in [0, 0.05) is 39.0 Å². The Hall–Kier alpha value is -1.06. The van der Waals surface area contributed by atoms with E-state index in [9.17, 15) is 9.59 Å². The van der Waals surface area contributed by atoms with Crippen molar-refractivity contribution >= 4 is 11.8 Å². The Morgan fingerprint density at radius 3 is 2.39 bits per heavy atom. The van der Waals surface area contributed by atoms with Gasteiger partial charge in [0.2, 0.25) is 11.8 Å². The highest BCUT2D eigenvalue weighted by Gasteiger charge is 2.39. The highest BCUT2D eigenvalue weighted by molar-refractivity contribution is 5.77. The number of likely N-dealkylation sites (tertiary alicyclic amines) is 2. The summed E-state index contributed by atoms with van der Waals surface area (Å²) >= 11 is 0. The molecule has 3 fully saturated rings. The monoisotopic (exact) mass is 320 g/mol. The molecular formula is C19H32N2O2. The molecule has 1 spiro atoms. The molecule has 3 rings (SSSR count). The van der Waals surface area contributed by atoms with Crippen LogP contribution < -0.4 is 0 Å². The van der Waals surface area contributed by atoms with E-state index in [1.807, 2.05) is 0 Å². The van der Waals surface area contributed by atoms with Crippen molar-refractivity contribution in [2.24, 2.45) is 17.3 Å². The molecule has 3 aliphatic rings. The first-order chi connectivity index (χ1) is 11.0. The van der Waals surface area contributed by atoms with Crippen LogP contribution in [0.3, 0.4) is 0 Å². The average Bonchev–Trinajstić information content (AvgIpc) is 3.33. The lowest BCUT2D eigenvalue weighted by Gasteiger charge is -2.41. The van der Waals surface area contributed by atoms with Crippen LogP contribution >= 0.6 is 0 Å². The minimum atomic E-state index is 0.308. The standard InChI is InChI=1S/C19H32N2O2/c1-15(2)13-18(23)20-10-7-19(8-11-20)6-5-17(22)21(12-9-19)14-16-3-4-16/h15-16H,3-14H2,1-2H3. The molecular weight excluding hydrogens is 288 g/mol. The topological polar surface area (TPSA) is 40.6 Å². The summed E-state index contributed by atoms with van der Waals surface area (Å²) in [5.41, 5.74) is 0.308. The van der Waals surface area contributed by atoms with Gasteiger partial charge in [-0.2, -0.15) is 0 Å². The lowest BCUT2D eigenvalue weighted by molar-refractivity contribution is -0.134. The minimum Gasteiger partial charge on any atom is -0.343 e. The molecule has 4 heteroatoms. The molecule has 2 aliphatic heterocycles. The molecule has 0 aromatic heterocycles. The fourth-order valence-electron chi connectivity index (χ4n) is 4.17. The molecule has 1 aliphatic carbocycles. The van der Waals surface area contributed by atoms with E-state index in [2.05, 4.69) is 23.6 Å². The predicted octanol–water partition coefficient (Wildman–Crippen LogP) is 3.06. The van der Waals surface area contributed by atoms with Crippen molar-refractivity contribution in [2.75, 3.05) is 26.2 Å². The Morgan fingerprint density at radius 1 is 1.13 bits per heavy atom. The molecule has 0 bridgehead atoms. The Morgan fingerprint density at radius 2 is 1.78 bits per heavy atom. The van der Waals surface area contributed by atoms with Gasteiger partial charge >= 0.3 is 0 Å². The van der Waals surface area contributed by atoms with Crippen molar-refractivity contribution in [1.29, 1.82) is 0 Å². The van der Waals surface area contributed by atoms with Crippen LogP contribution in [0.1, 0.15) is 65.2 Å². The Balaban J connectivity index is 1.53. The zero-order valence-corrected chi connectivity index (χ0v) is 14.9. The van der Waals surface area contributed by atoms with E-state index >= 15 is 0 Å². The zero-order chi connectivity index (χ0) is 16.4. The van der Waals surface area contributed by atoms with Crippen molar-refractivity contribution in [1.82, 2.24) is 9.80 Å². The minimum absolute atomic E-state index is 0.308. The van der Waals surface area contributed by atoms with Gasteiger partial charge in [0.1, 0.15) is 0 Å². The first-order valence-corrected chi connectivity index (χ1v) is 9.53. The number of piperidine rings is 1. The summed E-state index contributed by atoms with van der Waals surface area (Å²) in [6.45, 7) is 7.93. The van der Waals surface area contributed by atoms with E-state index < -0.39 is 0 Å². The molecule has 1 saturated carbocycles. The summed E-state index contributed by atoms with van der Waals surface area (Å²) in [4.78, 5) is 28.8. The molecule has 0 atom stereocenters. The molecule has 2 heterocycles. The number of nitrogens with zero attached hydrogens (tertiary/aromatic N) is 2. The van der Waals surface area contributed by atoms with Crippen molar-refractivity contribution < 1.29 is 9.59 Å². The number of carbonyl (C=O) groups excluding carboxylic acids is 2. The van der Waals surface area contributed by atoms with Gasteiger partial charge in [-0.15, -0.1) is 0 Å². The van der Waals surface area contributed by atoms with Gasteiger partial charge < -0.3 is 9.80 Å². The summed E-state index contributed by atoms with van der Waals surface area (Å²) in [5.74, 6) is 1.90. The van der Waals surface area contributed by atoms with E-state index in [1.165, 1.54) is 12.8 Å². The fourth-order valence-corrected chi connectivity index (χ4v) is 4.17. The van der Waals surface area contributed by atoms with Crippen molar-refractivity contribution in [3.05, 3.63) is 0 Å². The van der Waals surface area contributed by atoms with Gasteiger partial charge in [-0.25, -0.2) is 0 Å². The van der Waals surface area contributed by atoms with Crippen LogP contribution in [0.2, 0.25) is 0 Å². The van der Waals surface area contributed by atoms with Gasteiger partial charge in [0.15, 0.2) is 0 Å². The summed E-state index contributed by atoms with van der Waals surface area (Å²) in [6.07, 6.45) is 8.33. The number of hydrogen-bond acceptors (Lipinski definition) is 2. The lowest BCUT2D eigenvalue weighted by atomic mass is 9.73. The zero-order valence-electron chi connectivity index (χ0n) is 14.9. The van der Waals surface area contributed by atoms with Crippen LogP contribution in [0, 0.1) is 17.3 Å². The second kappa shape index (κ2) is 6.82. The molecule has 0 radical (unpaired) electrons. The summed E-state index contributed by atoms with van der Waals surface area (Å²) in [6, 6.07) is 0. The maximum absolute atomic E-state index is 12.4. The van der Waals surface area contributed by atoms with Crippen LogP contribution in [-0.4, -0.2) is 47.8 Å². The van der Waals surface area contributed by atoms with E-state index in [-0.39, 0.29) is 0 Å². The van der Waals surface area contributed by atoms with Gasteiger partial charge in [-0.3, -0.25) is 9.59 Å². The molecule has 0 aromatic carbocycles. The predicted molar refractivity (Wildman–Crippen MR) is 90.9 cm³/mol. The van der Waals surface area contributed by atoms with Crippen LogP contribution in [0.5, 0.6) is 0 Å². The quantitative estimate of drug-likeness (QED) is 0.799. The average molecular weight is 320 g/mol. The smallest absolute Gasteiger partial charge is 0.222 e. The first-order valence-electron chi connectivity index (χ1n) is 9.53. The van der Waals surface area contributed by atoms with E-state index in [1.54, 1.807) is 0 Å². The van der Waals surface area contributed by atoms with Crippen LogP contribution in [0.15, 0.2) is 0 Å². The van der Waals surface area contributed by atoms with Gasteiger partial charge in [-0.05, 0) is 55.8 Å². The number of hydrogen-bond donors (Lipinski definition) is 0. The normalized spacial score (nSPS) is 25.1. The third-order valence-corrected chi connectivity index (χ3v) is 6.07. The lowest BCUT2D eigenvalue weighted by Crippen LogP contribution is -2.43. The molecule has 4 nitrogen and oxygen atoms in total. The SMILES string of the molecule is CC(C)CC(=O)N1CCC2(CCC(=O)N(CC3CC3)CC2)CC1. The third-order valence-electron chi connectivity index (χ3n) is 6.07. The number of rotatable bonds is 4. The highest BCUT2D eigenvalue weighted by atomic mass is 16.2. The number of amides is 2. The Bertz CT molecular complexity index is 448. The molecule has 23 heavy (non-hydrogen) atoms. The van der Waals surface area contributed by atoms with Crippen LogP contribution in [0.25, 0.3) is 0 Å². The Labute approximate surface area is 140 Å². The molecule has 130 valence electrons. The van der Waals surface area contributed by atoms with Gasteiger partial charge in [-0.1, -0.05) is 13.8 Å². The van der Waals surface area contributed by atoms with E-state index in [0.717, 1.165) is 57.8 Å². The molecule has 2 amide bonds. The van der Waals surface area contributed by atoms with Crippen LogP contribution in [0.4, 0.5) is 0 Å². The fraction of sp³-hybridized carbons (Fsp3) is 0.895. The van der Waals surface area contributed by atoms with Crippen LogP contribution in [-0.2, 0) is 9.59 Å². The second-order valence-corrected chi connectivity index (χ2v) is 8.51. The summed E-state index contributed by atoms with van der Waals surface area (Å²) < 4.78 is 0. The van der Waals surface area contributed by atoms with Gasteiger partial charge in [0.05, 0.1) is 0 Å². The Kier molecular flexibility index (Phi) is 4.98. The molecule has 2 saturated heterocycles. The molecule has 0 unspecified atom stereocenters. The van der Waals surface area contributed by atoms with Crippen molar-refractivity contribution in [2.45, 2.75) is 65.2 Å². The summed E-state index contributed by atoms with van der Waals surface area (Å²) in [5, 5.41) is 0. The molecule has 0 N–H and O–H groups in total. The largest absolute Gasteiger partial charge is 0.343 e. The maximum atomic E-state index is 12.4. The van der Waals surface area contributed by atoms with E-state index in [4.69, 9.17) is 0 Å². The van der Waals surface area contributed by atoms with Gasteiger partial charge in [0.25, 0.3) is 0 Å².